The summed E-state index contributed by atoms with van der Waals surface area (Å²) in [6, 6.07) is 26.0. The molecule has 0 spiro atoms. The Hall–Kier alpha value is -4.29. The molecule has 2 N–H and O–H groups in total. The fourth-order valence-electron chi connectivity index (χ4n) is 3.06. The number of rotatable bonds is 7. The molecule has 3 aromatic carbocycles. The number of carbonyl (C=O) groups is 2. The summed E-state index contributed by atoms with van der Waals surface area (Å²) in [7, 11) is 0. The quantitative estimate of drug-likeness (QED) is 0.332. The maximum atomic E-state index is 12.2. The summed E-state index contributed by atoms with van der Waals surface area (Å²) in [4.78, 5) is 34.0. The number of hydrogen-bond donors (Lipinski definition) is 2. The average molecular weight is 423 g/mol. The first kappa shape index (κ1) is 21.0. The molecule has 0 fully saturated rings. The number of carbonyl (C=O) groups excluding carboxylic acids is 2. The van der Waals surface area contributed by atoms with Gasteiger partial charge < -0.3 is 5.32 Å². The smallest absolute Gasteiger partial charge is 0.274 e. The molecule has 0 unspecified atom stereocenters. The number of hydrogen-bond acceptors (Lipinski definition) is 4. The largest absolute Gasteiger partial charge is 0.321 e. The number of fused-ring (bicyclic) bond motifs is 1. The molecule has 6 heteroatoms. The zero-order chi connectivity index (χ0) is 22.2. The van der Waals surface area contributed by atoms with Gasteiger partial charge in [0, 0.05) is 17.0 Å². The van der Waals surface area contributed by atoms with Crippen LogP contribution in [0.5, 0.6) is 0 Å². The molecule has 0 saturated carbocycles. The van der Waals surface area contributed by atoms with Crippen molar-refractivity contribution in [3.63, 3.8) is 0 Å². The molecule has 4 rings (SSSR count). The number of anilines is 1. The van der Waals surface area contributed by atoms with Crippen LogP contribution < -0.4 is 10.8 Å². The molecular weight excluding hydrogens is 402 g/mol. The lowest BCUT2D eigenvalue weighted by atomic mass is 10.1. The minimum absolute atomic E-state index is 0.266. The van der Waals surface area contributed by atoms with E-state index in [0.717, 1.165) is 22.0 Å². The van der Waals surface area contributed by atoms with Crippen molar-refractivity contribution >= 4 is 34.5 Å². The second kappa shape index (κ2) is 10.1. The SMILES string of the molecule is O=C(C=Cc1ccc(C(=O)NOCc2ccccc2)cc1)Nc1cnc2ccccc2c1. The Labute approximate surface area is 185 Å². The zero-order valence-electron chi connectivity index (χ0n) is 17.2. The third kappa shape index (κ3) is 5.65. The molecule has 4 aromatic rings. The number of nitrogens with one attached hydrogen (secondary N) is 2. The molecule has 1 heterocycles. The average Bonchev–Trinajstić information content (AvgIpc) is 2.83. The van der Waals surface area contributed by atoms with Gasteiger partial charge in [0.05, 0.1) is 24.0 Å². The monoisotopic (exact) mass is 423 g/mol. The minimum Gasteiger partial charge on any atom is -0.321 e. The highest BCUT2D eigenvalue weighted by molar-refractivity contribution is 6.02. The number of nitrogens with zero attached hydrogens (tertiary/aromatic N) is 1. The fourth-order valence-corrected chi connectivity index (χ4v) is 3.06. The second-order valence-electron chi connectivity index (χ2n) is 7.07. The maximum Gasteiger partial charge on any atom is 0.274 e. The molecule has 158 valence electrons. The summed E-state index contributed by atoms with van der Waals surface area (Å²) in [6.45, 7) is 0.287. The van der Waals surface area contributed by atoms with Gasteiger partial charge in [0.15, 0.2) is 0 Å². The van der Waals surface area contributed by atoms with Crippen LogP contribution in [0.15, 0.2) is 97.2 Å². The van der Waals surface area contributed by atoms with Gasteiger partial charge in [-0.2, -0.15) is 0 Å². The standard InChI is InChI=1S/C26H21N3O3/c30-25(28-23-16-22-8-4-5-9-24(22)27-17-23)15-12-19-10-13-21(14-11-19)26(31)29-32-18-20-6-2-1-3-7-20/h1-17H,18H2,(H,28,30)(H,29,31). The Morgan fingerprint density at radius 3 is 2.47 bits per heavy atom. The first-order valence-corrected chi connectivity index (χ1v) is 10.1. The molecule has 0 bridgehead atoms. The minimum atomic E-state index is -0.335. The lowest BCUT2D eigenvalue weighted by Gasteiger charge is -2.06. The summed E-state index contributed by atoms with van der Waals surface area (Å²) in [6.07, 6.45) is 4.74. The van der Waals surface area contributed by atoms with Crippen LogP contribution in [0.1, 0.15) is 21.5 Å². The van der Waals surface area contributed by atoms with Crippen molar-refractivity contribution in [1.82, 2.24) is 10.5 Å². The van der Waals surface area contributed by atoms with Crippen LogP contribution >= 0.6 is 0 Å². The van der Waals surface area contributed by atoms with Gasteiger partial charge in [-0.15, -0.1) is 0 Å². The van der Waals surface area contributed by atoms with Crippen molar-refractivity contribution in [3.05, 3.63) is 114 Å². The normalized spacial score (nSPS) is 10.9. The molecule has 2 amide bonds. The van der Waals surface area contributed by atoms with Crippen molar-refractivity contribution in [2.75, 3.05) is 5.32 Å². The third-order valence-corrected chi connectivity index (χ3v) is 4.70. The highest BCUT2D eigenvalue weighted by Gasteiger charge is 2.05. The van der Waals surface area contributed by atoms with Crippen LogP contribution in [0.4, 0.5) is 5.69 Å². The van der Waals surface area contributed by atoms with E-state index >= 15 is 0 Å². The van der Waals surface area contributed by atoms with E-state index in [-0.39, 0.29) is 18.4 Å². The Morgan fingerprint density at radius 1 is 0.906 bits per heavy atom. The van der Waals surface area contributed by atoms with Crippen LogP contribution in [-0.4, -0.2) is 16.8 Å². The molecule has 0 saturated heterocycles. The Morgan fingerprint density at radius 2 is 1.66 bits per heavy atom. The first-order chi connectivity index (χ1) is 15.7. The molecule has 0 aliphatic rings. The number of aromatic nitrogens is 1. The molecule has 6 nitrogen and oxygen atoms in total. The van der Waals surface area contributed by atoms with E-state index < -0.39 is 0 Å². The lowest BCUT2D eigenvalue weighted by Crippen LogP contribution is -2.23. The van der Waals surface area contributed by atoms with Crippen LogP contribution in [0.2, 0.25) is 0 Å². The van der Waals surface area contributed by atoms with Gasteiger partial charge in [0.2, 0.25) is 5.91 Å². The van der Waals surface area contributed by atoms with Gasteiger partial charge in [-0.25, -0.2) is 5.48 Å². The Balaban J connectivity index is 1.29. The van der Waals surface area contributed by atoms with Crippen molar-refractivity contribution in [1.29, 1.82) is 0 Å². The van der Waals surface area contributed by atoms with Gasteiger partial charge in [-0.3, -0.25) is 19.4 Å². The van der Waals surface area contributed by atoms with E-state index in [4.69, 9.17) is 4.84 Å². The number of para-hydroxylation sites is 1. The molecule has 32 heavy (non-hydrogen) atoms. The van der Waals surface area contributed by atoms with Crippen molar-refractivity contribution in [2.24, 2.45) is 0 Å². The summed E-state index contributed by atoms with van der Waals surface area (Å²) in [5.74, 6) is -0.601. The predicted octanol–water partition coefficient (Wildman–Crippen LogP) is 4.75. The number of amides is 2. The highest BCUT2D eigenvalue weighted by Crippen LogP contribution is 2.16. The van der Waals surface area contributed by atoms with Crippen LogP contribution in [0.25, 0.3) is 17.0 Å². The lowest BCUT2D eigenvalue weighted by molar-refractivity contribution is -0.111. The van der Waals surface area contributed by atoms with Crippen molar-refractivity contribution in [3.8, 4) is 0 Å². The summed E-state index contributed by atoms with van der Waals surface area (Å²) < 4.78 is 0. The first-order valence-electron chi connectivity index (χ1n) is 10.1. The van der Waals surface area contributed by atoms with E-state index in [1.165, 1.54) is 6.08 Å². The third-order valence-electron chi connectivity index (χ3n) is 4.70. The number of benzene rings is 3. The number of pyridine rings is 1. The van der Waals surface area contributed by atoms with E-state index in [1.807, 2.05) is 60.7 Å². The molecular formula is C26H21N3O3. The van der Waals surface area contributed by atoms with Gasteiger partial charge >= 0.3 is 0 Å². The van der Waals surface area contributed by atoms with E-state index in [2.05, 4.69) is 15.8 Å². The Kier molecular flexibility index (Phi) is 6.65. The second-order valence-corrected chi connectivity index (χ2v) is 7.07. The van der Waals surface area contributed by atoms with Gasteiger partial charge in [0.1, 0.15) is 0 Å². The topological polar surface area (TPSA) is 80.3 Å². The van der Waals surface area contributed by atoms with Gasteiger partial charge in [-0.1, -0.05) is 60.7 Å². The van der Waals surface area contributed by atoms with Crippen LogP contribution in [-0.2, 0) is 16.2 Å². The summed E-state index contributed by atoms with van der Waals surface area (Å²) >= 11 is 0. The van der Waals surface area contributed by atoms with E-state index in [9.17, 15) is 9.59 Å². The van der Waals surface area contributed by atoms with Crippen molar-refractivity contribution < 1.29 is 14.4 Å². The van der Waals surface area contributed by atoms with Crippen LogP contribution in [0.3, 0.4) is 0 Å². The van der Waals surface area contributed by atoms with E-state index in [0.29, 0.717) is 11.3 Å². The molecule has 0 aliphatic carbocycles. The van der Waals surface area contributed by atoms with Crippen molar-refractivity contribution in [2.45, 2.75) is 6.61 Å². The van der Waals surface area contributed by atoms with Gasteiger partial charge in [0.25, 0.3) is 5.91 Å². The molecule has 1 aromatic heterocycles. The molecule has 0 radical (unpaired) electrons. The van der Waals surface area contributed by atoms with Crippen LogP contribution in [0, 0.1) is 0 Å². The summed E-state index contributed by atoms with van der Waals surface area (Å²) in [5.41, 5.74) is 6.14. The zero-order valence-corrected chi connectivity index (χ0v) is 17.2. The van der Waals surface area contributed by atoms with Gasteiger partial charge in [-0.05, 0) is 41.5 Å². The maximum absolute atomic E-state index is 12.2. The molecule has 0 atom stereocenters. The molecule has 0 aliphatic heterocycles. The predicted molar refractivity (Wildman–Crippen MR) is 125 cm³/mol. The summed E-state index contributed by atoms with van der Waals surface area (Å²) in [5, 5.41) is 3.76. The van der Waals surface area contributed by atoms with E-state index in [1.54, 1.807) is 36.5 Å². The fraction of sp³-hybridized carbons (Fsp3) is 0.0385. The Bertz CT molecular complexity index is 1250. The highest BCUT2D eigenvalue weighted by atomic mass is 16.6. The number of hydroxylamine groups is 1.